The Hall–Kier alpha value is -1.09. The van der Waals surface area contributed by atoms with E-state index in [9.17, 15) is 0 Å². The first-order valence-electron chi connectivity index (χ1n) is 9.52. The summed E-state index contributed by atoms with van der Waals surface area (Å²) in [7, 11) is 0. The molecule has 1 nitrogen and oxygen atoms in total. The van der Waals surface area contributed by atoms with Crippen LogP contribution in [-0.2, 0) is 0 Å². The molecule has 3 rings (SSSR count). The van der Waals surface area contributed by atoms with Gasteiger partial charge in [0, 0.05) is 0 Å². The second-order valence-corrected chi connectivity index (χ2v) is 19.0. The number of hydrogen-bond donors (Lipinski definition) is 0. The van der Waals surface area contributed by atoms with Gasteiger partial charge in [-0.15, -0.1) is 0 Å². The summed E-state index contributed by atoms with van der Waals surface area (Å²) in [6.45, 7) is 2.47. The molecule has 1 aromatic heterocycles. The standard InChI is InChI=1S/C22H31GeN/c1-17(18-11-7-5-8-12-18)20-15-22(19-13-9-6-10-14-19)24-16-21(20)23(2,3)4/h6,9-10,13-18H,5,7-8,11-12H2,1-4H3. The molecule has 24 heavy (non-hydrogen) atoms. The molecular formula is C22H31GeN. The van der Waals surface area contributed by atoms with Crippen molar-refractivity contribution in [2.75, 3.05) is 0 Å². The van der Waals surface area contributed by atoms with Gasteiger partial charge in [-0.2, -0.15) is 0 Å². The summed E-state index contributed by atoms with van der Waals surface area (Å²) in [6, 6.07) is 13.1. The van der Waals surface area contributed by atoms with E-state index in [1.807, 2.05) is 0 Å². The third kappa shape index (κ3) is 3.93. The van der Waals surface area contributed by atoms with Gasteiger partial charge >= 0.3 is 150 Å². The molecule has 0 amide bonds. The van der Waals surface area contributed by atoms with Gasteiger partial charge in [0.15, 0.2) is 0 Å². The zero-order valence-electron chi connectivity index (χ0n) is 15.7. The second-order valence-electron chi connectivity index (χ2n) is 8.46. The van der Waals surface area contributed by atoms with Crippen molar-refractivity contribution in [2.45, 2.75) is 62.2 Å². The van der Waals surface area contributed by atoms with Gasteiger partial charge in [0.05, 0.1) is 0 Å². The Bertz CT molecular complexity index is 666. The number of nitrogens with zero attached hydrogens (tertiary/aromatic N) is 1. The Morgan fingerprint density at radius 3 is 2.29 bits per heavy atom. The Morgan fingerprint density at radius 1 is 1.00 bits per heavy atom. The maximum atomic E-state index is 4.85. The molecule has 1 aliphatic carbocycles. The molecule has 0 N–H and O–H groups in total. The summed E-state index contributed by atoms with van der Waals surface area (Å²) in [5.41, 5.74) is 3.98. The molecule has 1 unspecified atom stereocenters. The van der Waals surface area contributed by atoms with Crippen molar-refractivity contribution >= 4 is 17.7 Å². The maximum absolute atomic E-state index is 4.85. The fourth-order valence-electron chi connectivity index (χ4n) is 4.13. The quantitative estimate of drug-likeness (QED) is 0.593. The van der Waals surface area contributed by atoms with Gasteiger partial charge in [0.1, 0.15) is 0 Å². The predicted octanol–water partition coefficient (Wildman–Crippen LogP) is 5.98. The molecule has 1 heterocycles. The molecule has 1 aromatic carbocycles. The van der Waals surface area contributed by atoms with E-state index in [4.69, 9.17) is 4.98 Å². The second kappa shape index (κ2) is 7.43. The molecule has 1 fully saturated rings. The van der Waals surface area contributed by atoms with Crippen LogP contribution in [0.25, 0.3) is 11.3 Å². The molecule has 2 aromatic rings. The van der Waals surface area contributed by atoms with Gasteiger partial charge in [-0.1, -0.05) is 0 Å². The summed E-state index contributed by atoms with van der Waals surface area (Å²) in [5, 5.41) is 0. The SMILES string of the molecule is CC(c1cc(-c2ccccc2)nc[c]1[Ge]([CH3])([CH3])[CH3])C1CCCCC1. The van der Waals surface area contributed by atoms with Crippen LogP contribution >= 0.6 is 0 Å². The van der Waals surface area contributed by atoms with E-state index < -0.39 is 13.3 Å². The number of pyridine rings is 1. The molecule has 0 spiro atoms. The molecule has 1 aliphatic rings. The van der Waals surface area contributed by atoms with Crippen molar-refractivity contribution in [3.05, 3.63) is 48.2 Å². The van der Waals surface area contributed by atoms with E-state index in [-0.39, 0.29) is 0 Å². The molecule has 0 bridgehead atoms. The molecule has 0 aliphatic heterocycles. The van der Waals surface area contributed by atoms with Gasteiger partial charge in [0.2, 0.25) is 0 Å². The minimum absolute atomic E-state index is 0.663. The van der Waals surface area contributed by atoms with Crippen LogP contribution in [0.2, 0.25) is 17.3 Å². The molecule has 0 radical (unpaired) electrons. The van der Waals surface area contributed by atoms with E-state index in [0.29, 0.717) is 5.92 Å². The molecule has 2 heteroatoms. The van der Waals surface area contributed by atoms with Gasteiger partial charge < -0.3 is 0 Å². The van der Waals surface area contributed by atoms with Gasteiger partial charge in [-0.25, -0.2) is 0 Å². The first kappa shape index (κ1) is 17.7. The van der Waals surface area contributed by atoms with Gasteiger partial charge in [0.25, 0.3) is 0 Å². The fourth-order valence-corrected chi connectivity index (χ4v) is 7.52. The van der Waals surface area contributed by atoms with Crippen LogP contribution in [0, 0.1) is 5.92 Å². The van der Waals surface area contributed by atoms with Crippen molar-refractivity contribution in [1.29, 1.82) is 0 Å². The van der Waals surface area contributed by atoms with E-state index in [2.05, 4.69) is 66.8 Å². The Morgan fingerprint density at radius 2 is 1.67 bits per heavy atom. The van der Waals surface area contributed by atoms with Gasteiger partial charge in [-0.3, -0.25) is 0 Å². The van der Waals surface area contributed by atoms with E-state index in [0.717, 1.165) is 11.6 Å². The van der Waals surface area contributed by atoms with Crippen LogP contribution in [0.4, 0.5) is 0 Å². The van der Waals surface area contributed by atoms with Crippen LogP contribution in [0.5, 0.6) is 0 Å². The first-order chi connectivity index (χ1) is 11.5. The van der Waals surface area contributed by atoms with Crippen molar-refractivity contribution < 1.29 is 0 Å². The van der Waals surface area contributed by atoms with E-state index in [1.165, 1.54) is 37.7 Å². The predicted molar refractivity (Wildman–Crippen MR) is 108 cm³/mol. The number of benzene rings is 1. The summed E-state index contributed by atoms with van der Waals surface area (Å²) in [4.78, 5) is 4.85. The van der Waals surface area contributed by atoms with Crippen LogP contribution in [0.3, 0.4) is 0 Å². The van der Waals surface area contributed by atoms with Crippen LogP contribution < -0.4 is 4.40 Å². The monoisotopic (exact) mass is 383 g/mol. The third-order valence-corrected chi connectivity index (χ3v) is 9.93. The average Bonchev–Trinajstić information content (AvgIpc) is 2.61. The summed E-state index contributed by atoms with van der Waals surface area (Å²) >= 11 is -1.93. The molecular weight excluding hydrogens is 351 g/mol. The molecule has 1 saturated carbocycles. The Labute approximate surface area is 150 Å². The van der Waals surface area contributed by atoms with Crippen molar-refractivity contribution in [1.82, 2.24) is 4.98 Å². The average molecular weight is 382 g/mol. The molecule has 1 atom stereocenters. The molecule has 128 valence electrons. The van der Waals surface area contributed by atoms with E-state index >= 15 is 0 Å². The van der Waals surface area contributed by atoms with Gasteiger partial charge in [-0.05, 0) is 0 Å². The van der Waals surface area contributed by atoms with E-state index in [1.54, 1.807) is 9.96 Å². The van der Waals surface area contributed by atoms with Crippen molar-refractivity contribution in [2.24, 2.45) is 5.92 Å². The number of rotatable bonds is 4. The van der Waals surface area contributed by atoms with Crippen molar-refractivity contribution in [3.63, 3.8) is 0 Å². The first-order valence-corrected chi connectivity index (χ1v) is 16.9. The summed E-state index contributed by atoms with van der Waals surface area (Å²) in [5.74, 6) is 9.01. The number of aromatic nitrogens is 1. The Kier molecular flexibility index (Phi) is 5.49. The zero-order chi connectivity index (χ0) is 17.2. The normalized spacial score (nSPS) is 17.7. The minimum atomic E-state index is -1.93. The molecule has 0 saturated heterocycles. The Balaban J connectivity index is 2.02. The summed E-state index contributed by atoms with van der Waals surface area (Å²) in [6.07, 6.45) is 9.28. The third-order valence-electron chi connectivity index (χ3n) is 5.66. The zero-order valence-corrected chi connectivity index (χ0v) is 17.8. The van der Waals surface area contributed by atoms with Crippen LogP contribution in [-0.4, -0.2) is 18.3 Å². The fraction of sp³-hybridized carbons (Fsp3) is 0.500. The summed E-state index contributed by atoms with van der Waals surface area (Å²) < 4.78 is 1.60. The van der Waals surface area contributed by atoms with Crippen molar-refractivity contribution in [3.8, 4) is 11.3 Å². The van der Waals surface area contributed by atoms with Crippen LogP contribution in [0.15, 0.2) is 42.6 Å². The number of hydrogen-bond acceptors (Lipinski definition) is 1. The topological polar surface area (TPSA) is 12.9 Å². The van der Waals surface area contributed by atoms with Crippen LogP contribution in [0.1, 0.15) is 50.5 Å².